The molecular weight excluding hydrogens is 234 g/mol. The van der Waals surface area contributed by atoms with Crippen molar-refractivity contribution in [3.05, 3.63) is 0 Å². The zero-order valence-corrected chi connectivity index (χ0v) is 11.7. The summed E-state index contributed by atoms with van der Waals surface area (Å²) in [5.74, 6) is 0.183. The molecule has 1 saturated heterocycles. The number of nitrogens with zero attached hydrogens (tertiary/aromatic N) is 1. The van der Waals surface area contributed by atoms with E-state index < -0.39 is 5.60 Å². The zero-order valence-electron chi connectivity index (χ0n) is 11.7. The van der Waals surface area contributed by atoms with Crippen LogP contribution >= 0.6 is 0 Å². The first-order valence-electron chi connectivity index (χ1n) is 6.37. The first-order chi connectivity index (χ1) is 8.28. The summed E-state index contributed by atoms with van der Waals surface area (Å²) in [7, 11) is 0. The number of hydrogen-bond donors (Lipinski definition) is 0. The quantitative estimate of drug-likeness (QED) is 0.707. The van der Waals surface area contributed by atoms with Crippen molar-refractivity contribution >= 4 is 11.9 Å². The highest BCUT2D eigenvalue weighted by molar-refractivity contribution is 5.75. The fourth-order valence-corrected chi connectivity index (χ4v) is 1.59. The Hall–Kier alpha value is -1.10. The Labute approximate surface area is 108 Å². The largest absolute Gasteiger partial charge is 0.444 e. The topological polar surface area (TPSA) is 55.8 Å². The number of rotatable bonds is 5. The number of ketones is 1. The van der Waals surface area contributed by atoms with Crippen LogP contribution in [-0.4, -0.2) is 48.2 Å². The molecule has 104 valence electrons. The minimum absolute atomic E-state index is 0.0875. The molecule has 1 rings (SSSR count). The van der Waals surface area contributed by atoms with Crippen LogP contribution < -0.4 is 0 Å². The lowest BCUT2D eigenvalue weighted by atomic mass is 10.1. The van der Waals surface area contributed by atoms with E-state index in [4.69, 9.17) is 9.47 Å². The number of hydrogen-bond acceptors (Lipinski definition) is 4. The van der Waals surface area contributed by atoms with Crippen LogP contribution in [0.15, 0.2) is 0 Å². The van der Waals surface area contributed by atoms with Gasteiger partial charge in [-0.2, -0.15) is 0 Å². The summed E-state index contributed by atoms with van der Waals surface area (Å²) in [5, 5.41) is 0. The Morgan fingerprint density at radius 1 is 1.28 bits per heavy atom. The van der Waals surface area contributed by atoms with E-state index in [2.05, 4.69) is 0 Å². The van der Waals surface area contributed by atoms with Crippen molar-refractivity contribution in [2.75, 3.05) is 19.7 Å². The predicted molar refractivity (Wildman–Crippen MR) is 67.5 cm³/mol. The van der Waals surface area contributed by atoms with Crippen molar-refractivity contribution in [1.29, 1.82) is 0 Å². The van der Waals surface area contributed by atoms with E-state index in [9.17, 15) is 9.59 Å². The standard InChI is InChI=1S/C13H23NO4/c1-10(15)6-5-7-17-11-8-14(9-11)12(16)18-13(2,3)4/h11H,5-9H2,1-4H3. The molecule has 0 aromatic rings. The molecule has 1 amide bonds. The van der Waals surface area contributed by atoms with E-state index in [1.807, 2.05) is 20.8 Å². The van der Waals surface area contributed by atoms with Crippen molar-refractivity contribution in [3.63, 3.8) is 0 Å². The fraction of sp³-hybridized carbons (Fsp3) is 0.846. The molecule has 0 aromatic heterocycles. The van der Waals surface area contributed by atoms with Gasteiger partial charge >= 0.3 is 6.09 Å². The van der Waals surface area contributed by atoms with Crippen molar-refractivity contribution in [1.82, 2.24) is 4.90 Å². The van der Waals surface area contributed by atoms with Crippen molar-refractivity contribution in [3.8, 4) is 0 Å². The predicted octanol–water partition coefficient (Wildman–Crippen LogP) is 1.99. The first-order valence-corrected chi connectivity index (χ1v) is 6.37. The number of likely N-dealkylation sites (tertiary alicyclic amines) is 1. The highest BCUT2D eigenvalue weighted by Gasteiger charge is 2.34. The lowest BCUT2D eigenvalue weighted by molar-refractivity contribution is -0.117. The second-order valence-corrected chi connectivity index (χ2v) is 5.68. The number of ether oxygens (including phenoxy) is 2. The Balaban J connectivity index is 2.09. The van der Waals surface area contributed by atoms with Gasteiger partial charge in [0, 0.05) is 13.0 Å². The minimum Gasteiger partial charge on any atom is -0.444 e. The lowest BCUT2D eigenvalue weighted by Crippen LogP contribution is -2.55. The maximum Gasteiger partial charge on any atom is 0.410 e. The van der Waals surface area contributed by atoms with Crippen molar-refractivity contribution in [2.24, 2.45) is 0 Å². The Morgan fingerprint density at radius 3 is 2.39 bits per heavy atom. The molecule has 1 aliphatic heterocycles. The van der Waals surface area contributed by atoms with Crippen molar-refractivity contribution < 1.29 is 19.1 Å². The monoisotopic (exact) mass is 257 g/mol. The van der Waals surface area contributed by atoms with Gasteiger partial charge in [0.05, 0.1) is 19.2 Å². The van der Waals surface area contributed by atoms with E-state index in [-0.39, 0.29) is 18.0 Å². The third kappa shape index (κ3) is 5.49. The molecule has 1 heterocycles. The summed E-state index contributed by atoms with van der Waals surface area (Å²) >= 11 is 0. The van der Waals surface area contributed by atoms with Crippen LogP contribution in [0.2, 0.25) is 0 Å². The molecule has 0 N–H and O–H groups in total. The average molecular weight is 257 g/mol. The van der Waals surface area contributed by atoms with Gasteiger partial charge in [0.15, 0.2) is 0 Å². The first kappa shape index (κ1) is 15.0. The molecule has 0 aromatic carbocycles. The van der Waals surface area contributed by atoms with Crippen LogP contribution in [0.4, 0.5) is 4.79 Å². The van der Waals surface area contributed by atoms with Gasteiger partial charge in [0.1, 0.15) is 11.4 Å². The molecule has 1 aliphatic rings. The lowest BCUT2D eigenvalue weighted by Gasteiger charge is -2.39. The van der Waals surface area contributed by atoms with E-state index in [0.717, 1.165) is 6.42 Å². The molecule has 5 nitrogen and oxygen atoms in total. The van der Waals surface area contributed by atoms with E-state index in [0.29, 0.717) is 26.1 Å². The van der Waals surface area contributed by atoms with Crippen LogP contribution in [0, 0.1) is 0 Å². The van der Waals surface area contributed by atoms with Crippen LogP contribution in [0.3, 0.4) is 0 Å². The second-order valence-electron chi connectivity index (χ2n) is 5.68. The van der Waals surface area contributed by atoms with Crippen molar-refractivity contribution in [2.45, 2.75) is 52.2 Å². The molecule has 5 heteroatoms. The molecule has 18 heavy (non-hydrogen) atoms. The molecule has 0 saturated carbocycles. The molecule has 0 radical (unpaired) electrons. The van der Waals surface area contributed by atoms with Crippen LogP contribution in [-0.2, 0) is 14.3 Å². The van der Waals surface area contributed by atoms with Crippen LogP contribution in [0.1, 0.15) is 40.5 Å². The number of amides is 1. The molecule has 0 aliphatic carbocycles. The Bertz CT molecular complexity index is 303. The molecule has 0 unspecified atom stereocenters. The maximum absolute atomic E-state index is 11.6. The molecule has 0 spiro atoms. The minimum atomic E-state index is -0.454. The van der Waals surface area contributed by atoms with Gasteiger partial charge in [-0.15, -0.1) is 0 Å². The highest BCUT2D eigenvalue weighted by Crippen LogP contribution is 2.17. The van der Waals surface area contributed by atoms with Gasteiger partial charge in [-0.1, -0.05) is 0 Å². The number of carbonyl (C=O) groups is 2. The van der Waals surface area contributed by atoms with Gasteiger partial charge in [-0.05, 0) is 34.1 Å². The maximum atomic E-state index is 11.6. The van der Waals surface area contributed by atoms with E-state index in [1.165, 1.54) is 0 Å². The van der Waals surface area contributed by atoms with Crippen LogP contribution in [0.25, 0.3) is 0 Å². The third-order valence-electron chi connectivity index (χ3n) is 2.53. The summed E-state index contributed by atoms with van der Waals surface area (Å²) in [6.07, 6.45) is 1.11. The van der Waals surface area contributed by atoms with Crippen LogP contribution in [0.5, 0.6) is 0 Å². The molecule has 1 fully saturated rings. The zero-order chi connectivity index (χ0) is 13.8. The Kier molecular flexibility index (Phi) is 5.14. The molecular formula is C13H23NO4. The van der Waals surface area contributed by atoms with Gasteiger partial charge < -0.3 is 19.2 Å². The normalized spacial score (nSPS) is 16.3. The summed E-state index contributed by atoms with van der Waals surface area (Å²) < 4.78 is 10.8. The van der Waals surface area contributed by atoms with Gasteiger partial charge in [0.25, 0.3) is 0 Å². The average Bonchev–Trinajstić information content (AvgIpc) is 2.10. The summed E-state index contributed by atoms with van der Waals surface area (Å²) in [6.45, 7) is 8.85. The van der Waals surface area contributed by atoms with Gasteiger partial charge in [-0.3, -0.25) is 0 Å². The number of Topliss-reactive ketones (excluding diaryl/α,β-unsaturated/α-hetero) is 1. The number of carbonyl (C=O) groups excluding carboxylic acids is 2. The summed E-state index contributed by atoms with van der Waals surface area (Å²) in [5.41, 5.74) is -0.454. The fourth-order valence-electron chi connectivity index (χ4n) is 1.59. The molecule has 0 atom stereocenters. The molecule has 0 bridgehead atoms. The van der Waals surface area contributed by atoms with Gasteiger partial charge in [0.2, 0.25) is 0 Å². The highest BCUT2D eigenvalue weighted by atomic mass is 16.6. The van der Waals surface area contributed by atoms with E-state index >= 15 is 0 Å². The van der Waals surface area contributed by atoms with E-state index in [1.54, 1.807) is 11.8 Å². The SMILES string of the molecule is CC(=O)CCCOC1CN(C(=O)OC(C)(C)C)C1. The summed E-state index contributed by atoms with van der Waals surface area (Å²) in [4.78, 5) is 24.0. The Morgan fingerprint density at radius 2 is 1.89 bits per heavy atom. The third-order valence-corrected chi connectivity index (χ3v) is 2.53. The summed E-state index contributed by atoms with van der Waals surface area (Å²) in [6, 6.07) is 0. The smallest absolute Gasteiger partial charge is 0.410 e. The second kappa shape index (κ2) is 6.18. The van der Waals surface area contributed by atoms with Gasteiger partial charge in [-0.25, -0.2) is 4.79 Å².